The predicted molar refractivity (Wildman–Crippen MR) is 78.3 cm³/mol. The summed E-state index contributed by atoms with van der Waals surface area (Å²) in [5.41, 5.74) is 8.26. The van der Waals surface area contributed by atoms with Crippen LogP contribution in [0.1, 0.15) is 12.5 Å². The fourth-order valence-electron chi connectivity index (χ4n) is 2.26. The van der Waals surface area contributed by atoms with Crippen molar-refractivity contribution < 1.29 is 0 Å². The van der Waals surface area contributed by atoms with Crippen LogP contribution < -0.4 is 10.6 Å². The summed E-state index contributed by atoms with van der Waals surface area (Å²) in [5, 5.41) is 1.50. The first-order valence-corrected chi connectivity index (χ1v) is 7.48. The highest BCUT2D eigenvalue weighted by atomic mass is 35.5. The average Bonchev–Trinajstić information content (AvgIpc) is 2.29. The van der Waals surface area contributed by atoms with Gasteiger partial charge in [0.05, 0.1) is 0 Å². The lowest BCUT2D eigenvalue weighted by molar-refractivity contribution is 0.775. The Morgan fingerprint density at radius 2 is 2.35 bits per heavy atom. The molecule has 17 heavy (non-hydrogen) atoms. The number of rotatable bonds is 3. The van der Waals surface area contributed by atoms with Crippen molar-refractivity contribution in [3.8, 4) is 0 Å². The van der Waals surface area contributed by atoms with Gasteiger partial charge < -0.3 is 10.6 Å². The Labute approximate surface area is 113 Å². The zero-order valence-electron chi connectivity index (χ0n) is 10.2. The normalized spacial score (nSPS) is 20.6. The molecule has 1 saturated heterocycles. The zero-order chi connectivity index (χ0) is 12.3. The molecule has 1 fully saturated rings. The topological polar surface area (TPSA) is 29.3 Å². The van der Waals surface area contributed by atoms with Crippen LogP contribution in [0.15, 0.2) is 18.2 Å². The van der Waals surface area contributed by atoms with Gasteiger partial charge in [-0.1, -0.05) is 18.5 Å². The van der Waals surface area contributed by atoms with Crippen molar-refractivity contribution in [3.05, 3.63) is 28.8 Å². The molecule has 0 bridgehead atoms. The summed E-state index contributed by atoms with van der Waals surface area (Å²) in [6.07, 6.45) is 0.897. The maximum Gasteiger partial charge on any atom is 0.0410 e. The number of hydrogen-bond acceptors (Lipinski definition) is 3. The van der Waals surface area contributed by atoms with Crippen LogP contribution in [-0.4, -0.2) is 30.6 Å². The molecule has 0 saturated carbocycles. The lowest BCUT2D eigenvalue weighted by Crippen LogP contribution is -2.37. The Morgan fingerprint density at radius 3 is 3.06 bits per heavy atom. The number of nitrogens with two attached hydrogens (primary N) is 1. The van der Waals surface area contributed by atoms with Gasteiger partial charge in [-0.15, -0.1) is 0 Å². The minimum Gasteiger partial charge on any atom is -0.369 e. The lowest BCUT2D eigenvalue weighted by Gasteiger charge is -2.34. The summed E-state index contributed by atoms with van der Waals surface area (Å²) < 4.78 is 0. The van der Waals surface area contributed by atoms with Gasteiger partial charge in [-0.2, -0.15) is 11.8 Å². The fourth-order valence-corrected chi connectivity index (χ4v) is 3.46. The molecular weight excluding hydrogens is 252 g/mol. The van der Waals surface area contributed by atoms with E-state index < -0.39 is 0 Å². The number of benzene rings is 1. The van der Waals surface area contributed by atoms with Crippen molar-refractivity contribution in [3.63, 3.8) is 0 Å². The zero-order valence-corrected chi connectivity index (χ0v) is 11.7. The number of nitrogens with zero attached hydrogens (tertiary/aromatic N) is 1. The highest BCUT2D eigenvalue weighted by molar-refractivity contribution is 8.00. The molecule has 0 radical (unpaired) electrons. The number of hydrogen-bond donors (Lipinski definition) is 1. The Morgan fingerprint density at radius 1 is 1.53 bits per heavy atom. The molecule has 1 atom stereocenters. The largest absolute Gasteiger partial charge is 0.369 e. The predicted octanol–water partition coefficient (Wildman–Crippen LogP) is 2.78. The van der Waals surface area contributed by atoms with Crippen molar-refractivity contribution in [2.75, 3.05) is 30.3 Å². The highest BCUT2D eigenvalue weighted by Crippen LogP contribution is 2.29. The van der Waals surface area contributed by atoms with Crippen LogP contribution in [-0.2, 0) is 6.42 Å². The van der Waals surface area contributed by atoms with E-state index in [4.69, 9.17) is 17.3 Å². The average molecular weight is 271 g/mol. The maximum atomic E-state index is 6.06. The fraction of sp³-hybridized carbons (Fsp3) is 0.538. The molecule has 1 aliphatic heterocycles. The van der Waals surface area contributed by atoms with Gasteiger partial charge in [0.2, 0.25) is 0 Å². The summed E-state index contributed by atoms with van der Waals surface area (Å²) in [7, 11) is 0. The third kappa shape index (κ3) is 3.30. The van der Waals surface area contributed by atoms with Crippen LogP contribution in [0.5, 0.6) is 0 Å². The Balaban J connectivity index is 2.23. The monoisotopic (exact) mass is 270 g/mol. The van der Waals surface area contributed by atoms with E-state index in [0.717, 1.165) is 24.5 Å². The standard InChI is InChI=1S/C13H19ClN2S/c1-10-9-16(6-7-17-10)13-3-2-12(14)8-11(13)4-5-15/h2-3,8,10H,4-7,9,15H2,1H3. The first-order valence-electron chi connectivity index (χ1n) is 6.05. The third-order valence-corrected chi connectivity index (χ3v) is 4.41. The summed E-state index contributed by atoms with van der Waals surface area (Å²) in [6, 6.07) is 6.16. The van der Waals surface area contributed by atoms with Gasteiger partial charge in [-0.3, -0.25) is 0 Å². The highest BCUT2D eigenvalue weighted by Gasteiger charge is 2.19. The van der Waals surface area contributed by atoms with Gasteiger partial charge in [0.15, 0.2) is 0 Å². The quantitative estimate of drug-likeness (QED) is 0.916. The summed E-state index contributed by atoms with van der Waals surface area (Å²) in [5.74, 6) is 1.20. The van der Waals surface area contributed by atoms with E-state index in [9.17, 15) is 0 Å². The van der Waals surface area contributed by atoms with Crippen molar-refractivity contribution in [1.29, 1.82) is 0 Å². The Hall–Kier alpha value is -0.380. The van der Waals surface area contributed by atoms with Crippen LogP contribution in [0, 0.1) is 0 Å². The van der Waals surface area contributed by atoms with E-state index in [2.05, 4.69) is 24.0 Å². The third-order valence-electron chi connectivity index (χ3n) is 3.04. The van der Waals surface area contributed by atoms with Crippen LogP contribution in [0.4, 0.5) is 5.69 Å². The molecule has 1 aromatic rings. The summed E-state index contributed by atoms with van der Waals surface area (Å²) in [6.45, 7) is 5.19. The minimum absolute atomic E-state index is 0.672. The molecular formula is C13H19ClN2S. The van der Waals surface area contributed by atoms with Crippen molar-refractivity contribution in [2.45, 2.75) is 18.6 Å². The van der Waals surface area contributed by atoms with Crippen LogP contribution in [0.2, 0.25) is 5.02 Å². The molecule has 0 aromatic heterocycles. The van der Waals surface area contributed by atoms with Crippen molar-refractivity contribution in [1.82, 2.24) is 0 Å². The maximum absolute atomic E-state index is 6.06. The molecule has 0 amide bonds. The Kier molecular flexibility index (Phi) is 4.60. The van der Waals surface area contributed by atoms with Gasteiger partial charge >= 0.3 is 0 Å². The van der Waals surface area contributed by atoms with E-state index in [1.807, 2.05) is 17.8 Å². The van der Waals surface area contributed by atoms with Crippen molar-refractivity contribution in [2.24, 2.45) is 5.73 Å². The number of anilines is 1. The van der Waals surface area contributed by atoms with E-state index in [-0.39, 0.29) is 0 Å². The molecule has 2 rings (SSSR count). The van der Waals surface area contributed by atoms with Gasteiger partial charge in [0.1, 0.15) is 0 Å². The van der Waals surface area contributed by atoms with E-state index in [1.165, 1.54) is 17.0 Å². The SMILES string of the molecule is CC1CN(c2ccc(Cl)cc2CCN)CCS1. The molecule has 1 unspecified atom stereocenters. The van der Waals surface area contributed by atoms with Crippen LogP contribution in [0.3, 0.4) is 0 Å². The first kappa shape index (κ1) is 13.1. The lowest BCUT2D eigenvalue weighted by atomic mass is 10.1. The van der Waals surface area contributed by atoms with E-state index >= 15 is 0 Å². The van der Waals surface area contributed by atoms with Crippen LogP contribution in [0.25, 0.3) is 0 Å². The molecule has 94 valence electrons. The van der Waals surface area contributed by atoms with Crippen LogP contribution >= 0.6 is 23.4 Å². The molecule has 1 aromatic carbocycles. The summed E-state index contributed by atoms with van der Waals surface area (Å²) in [4.78, 5) is 2.46. The molecule has 2 N–H and O–H groups in total. The molecule has 0 spiro atoms. The van der Waals surface area contributed by atoms with Gasteiger partial charge in [-0.25, -0.2) is 0 Å². The molecule has 1 aliphatic rings. The molecule has 1 heterocycles. The Bertz CT molecular complexity index is 384. The van der Waals surface area contributed by atoms with Gasteiger partial charge in [-0.05, 0) is 36.7 Å². The number of halogens is 1. The van der Waals surface area contributed by atoms with Gasteiger partial charge in [0.25, 0.3) is 0 Å². The first-order chi connectivity index (χ1) is 8.20. The van der Waals surface area contributed by atoms with Gasteiger partial charge in [0, 0.05) is 34.8 Å². The molecule has 4 heteroatoms. The van der Waals surface area contributed by atoms with Crippen molar-refractivity contribution >= 4 is 29.1 Å². The van der Waals surface area contributed by atoms with E-state index in [1.54, 1.807) is 0 Å². The van der Waals surface area contributed by atoms with E-state index in [0.29, 0.717) is 11.8 Å². The smallest absolute Gasteiger partial charge is 0.0410 e. The second kappa shape index (κ2) is 5.98. The molecule has 2 nitrogen and oxygen atoms in total. The second-order valence-corrected chi connectivity index (χ2v) is 6.42. The summed E-state index contributed by atoms with van der Waals surface area (Å²) >= 11 is 8.10. The number of thioether (sulfide) groups is 1. The minimum atomic E-state index is 0.672. The molecule has 0 aliphatic carbocycles. The second-order valence-electron chi connectivity index (χ2n) is 4.44.